The molecule has 1 amide bonds. The quantitative estimate of drug-likeness (QED) is 0.424. The number of ether oxygens (including phenoxy) is 1. The van der Waals surface area contributed by atoms with Gasteiger partial charge < -0.3 is 20.3 Å². The monoisotopic (exact) mass is 362 g/mol. The molecule has 0 saturated carbocycles. The number of carbonyl (C=O) groups is 1. The van der Waals surface area contributed by atoms with Crippen LogP contribution in [0.25, 0.3) is 0 Å². The molecule has 24 heavy (non-hydrogen) atoms. The van der Waals surface area contributed by atoms with Crippen LogP contribution >= 0.6 is 0 Å². The zero-order valence-electron chi connectivity index (χ0n) is 13.7. The van der Waals surface area contributed by atoms with Crippen molar-refractivity contribution < 1.29 is 28.2 Å². The van der Waals surface area contributed by atoms with Crippen molar-refractivity contribution in [2.45, 2.75) is 20.0 Å². The lowest BCUT2D eigenvalue weighted by atomic mass is 9.87. The fourth-order valence-electron chi connectivity index (χ4n) is 1.54. The number of aliphatic hydroxyl groups excluding tert-OH is 2. The van der Waals surface area contributed by atoms with Crippen molar-refractivity contribution in [2.75, 3.05) is 30.7 Å². The number of hydrogen-bond acceptors (Lipinski definition) is 8. The smallest absolute Gasteiger partial charge is 0.249 e. The molecule has 0 spiro atoms. The van der Waals surface area contributed by atoms with Gasteiger partial charge in [0.05, 0.1) is 19.5 Å². The van der Waals surface area contributed by atoms with Crippen molar-refractivity contribution in [3.8, 4) is 5.88 Å². The number of hydrogen-bond donors (Lipinski definition) is 4. The summed E-state index contributed by atoms with van der Waals surface area (Å²) in [5.74, 6) is -0.915. The summed E-state index contributed by atoms with van der Waals surface area (Å²) in [5, 5.41) is 28.5. The molecule has 1 rings (SSSR count). The predicted molar refractivity (Wildman–Crippen MR) is 85.9 cm³/mol. The third kappa shape index (κ3) is 5.91. The van der Waals surface area contributed by atoms with Crippen LogP contribution in [0.5, 0.6) is 5.88 Å². The van der Waals surface area contributed by atoms with Crippen LogP contribution in [0, 0.1) is 5.41 Å². The van der Waals surface area contributed by atoms with Crippen molar-refractivity contribution >= 4 is 21.7 Å². The normalized spacial score (nSPS) is 13.2. The number of nitrogens with zero attached hydrogens (tertiary/aromatic N) is 2. The van der Waals surface area contributed by atoms with Crippen molar-refractivity contribution in [3.63, 3.8) is 0 Å². The maximum atomic E-state index is 11.9. The molecule has 0 saturated heterocycles. The van der Waals surface area contributed by atoms with E-state index in [4.69, 9.17) is 9.84 Å². The predicted octanol–water partition coefficient (Wildman–Crippen LogP) is -1.28. The lowest BCUT2D eigenvalue weighted by molar-refractivity contribution is -0.136. The van der Waals surface area contributed by atoms with E-state index in [2.05, 4.69) is 20.2 Å². The van der Waals surface area contributed by atoms with Crippen LogP contribution in [0.4, 0.5) is 5.82 Å². The van der Waals surface area contributed by atoms with Crippen molar-refractivity contribution in [2.24, 2.45) is 5.41 Å². The molecule has 11 heteroatoms. The highest BCUT2D eigenvalue weighted by Crippen LogP contribution is 2.19. The molecule has 1 atom stereocenters. The maximum absolute atomic E-state index is 11.9. The number of aliphatic hydroxyl groups is 2. The van der Waals surface area contributed by atoms with E-state index in [-0.39, 0.29) is 18.2 Å². The van der Waals surface area contributed by atoms with Gasteiger partial charge in [0.25, 0.3) is 0 Å². The Morgan fingerprint density at radius 1 is 1.38 bits per heavy atom. The molecule has 0 aliphatic heterocycles. The second-order valence-electron chi connectivity index (χ2n) is 5.72. The zero-order chi connectivity index (χ0) is 18.4. The van der Waals surface area contributed by atoms with Gasteiger partial charge in [0.2, 0.25) is 21.8 Å². The number of nitrogens with one attached hydrogen (secondary N) is 2. The van der Waals surface area contributed by atoms with Gasteiger partial charge in [0.15, 0.2) is 5.82 Å². The molecule has 10 nitrogen and oxygen atoms in total. The van der Waals surface area contributed by atoms with E-state index in [9.17, 15) is 18.3 Å². The highest BCUT2D eigenvalue weighted by molar-refractivity contribution is 7.92. The van der Waals surface area contributed by atoms with E-state index in [0.717, 1.165) is 0 Å². The second-order valence-corrected chi connectivity index (χ2v) is 7.56. The highest BCUT2D eigenvalue weighted by atomic mass is 32.2. The number of methoxy groups -OCH3 is 1. The Morgan fingerprint density at radius 2 is 2.04 bits per heavy atom. The molecule has 0 aromatic carbocycles. The van der Waals surface area contributed by atoms with E-state index < -0.39 is 39.8 Å². The molecule has 136 valence electrons. The van der Waals surface area contributed by atoms with Crippen molar-refractivity contribution in [1.29, 1.82) is 0 Å². The van der Waals surface area contributed by atoms with E-state index in [1.807, 2.05) is 0 Å². The minimum Gasteiger partial charge on any atom is -0.480 e. The SMILES string of the molecule is COc1ccc(NS(=O)(=O)CCNC(=O)C(O)C(C)(C)CO)nn1. The first-order valence-corrected chi connectivity index (χ1v) is 8.71. The van der Waals surface area contributed by atoms with Gasteiger partial charge in [0.1, 0.15) is 6.10 Å². The third-order valence-corrected chi connectivity index (χ3v) is 4.44. The summed E-state index contributed by atoms with van der Waals surface area (Å²) in [6.45, 7) is 2.42. The first kappa shape index (κ1) is 20.1. The van der Waals surface area contributed by atoms with Gasteiger partial charge in [0, 0.05) is 18.0 Å². The lowest BCUT2D eigenvalue weighted by Gasteiger charge is -2.27. The summed E-state index contributed by atoms with van der Waals surface area (Å²) in [4.78, 5) is 11.7. The average Bonchev–Trinajstić information content (AvgIpc) is 2.54. The third-order valence-electron chi connectivity index (χ3n) is 3.18. The largest absolute Gasteiger partial charge is 0.480 e. The Morgan fingerprint density at radius 3 is 2.54 bits per heavy atom. The van der Waals surface area contributed by atoms with E-state index in [0.29, 0.717) is 0 Å². The lowest BCUT2D eigenvalue weighted by Crippen LogP contribution is -2.46. The number of aromatic nitrogens is 2. The first-order chi connectivity index (χ1) is 11.1. The molecule has 0 radical (unpaired) electrons. The van der Waals surface area contributed by atoms with Gasteiger partial charge >= 0.3 is 0 Å². The van der Waals surface area contributed by atoms with Gasteiger partial charge in [-0.15, -0.1) is 10.2 Å². The highest BCUT2D eigenvalue weighted by Gasteiger charge is 2.32. The van der Waals surface area contributed by atoms with Crippen LogP contribution in [0.15, 0.2) is 12.1 Å². The molecule has 0 aliphatic carbocycles. The summed E-state index contributed by atoms with van der Waals surface area (Å²) >= 11 is 0. The van der Waals surface area contributed by atoms with Crippen LogP contribution in [0.3, 0.4) is 0 Å². The Balaban J connectivity index is 2.52. The molecule has 0 aliphatic rings. The van der Waals surface area contributed by atoms with Gasteiger partial charge in [-0.3, -0.25) is 9.52 Å². The molecule has 0 bridgehead atoms. The standard InChI is InChI=1S/C13H22N4O6S/c1-13(2,8-18)11(19)12(20)14-6-7-24(21,22)17-9-4-5-10(23-3)16-15-9/h4-5,11,18-19H,6-8H2,1-3H3,(H,14,20)(H,15,17). The number of anilines is 1. The molecule has 0 fully saturated rings. The van der Waals surface area contributed by atoms with E-state index in [1.165, 1.54) is 33.1 Å². The number of sulfonamides is 1. The summed E-state index contributed by atoms with van der Waals surface area (Å²) in [5.41, 5.74) is -1.03. The summed E-state index contributed by atoms with van der Waals surface area (Å²) in [7, 11) is -2.35. The van der Waals surface area contributed by atoms with Crippen LogP contribution in [0.2, 0.25) is 0 Å². The molecule has 1 heterocycles. The molecular formula is C13H22N4O6S. The van der Waals surface area contributed by atoms with Gasteiger partial charge in [-0.2, -0.15) is 0 Å². The topological polar surface area (TPSA) is 151 Å². The Bertz CT molecular complexity index is 647. The van der Waals surface area contributed by atoms with Gasteiger partial charge in [-0.1, -0.05) is 13.8 Å². The Hall–Kier alpha value is -1.98. The first-order valence-electron chi connectivity index (χ1n) is 7.06. The summed E-state index contributed by atoms with van der Waals surface area (Å²) in [6.07, 6.45) is -1.45. The summed E-state index contributed by atoms with van der Waals surface area (Å²) < 4.78 is 30.8. The maximum Gasteiger partial charge on any atom is 0.249 e. The minimum absolute atomic E-state index is 0.0172. The molecule has 1 aromatic heterocycles. The average molecular weight is 362 g/mol. The summed E-state index contributed by atoms with van der Waals surface area (Å²) in [6, 6.07) is 2.83. The van der Waals surface area contributed by atoms with Gasteiger partial charge in [-0.25, -0.2) is 8.42 Å². The van der Waals surface area contributed by atoms with Crippen LogP contribution in [0.1, 0.15) is 13.8 Å². The molecular weight excluding hydrogens is 340 g/mol. The fraction of sp³-hybridized carbons (Fsp3) is 0.615. The molecule has 4 N–H and O–H groups in total. The molecule has 1 aromatic rings. The zero-order valence-corrected chi connectivity index (χ0v) is 14.5. The minimum atomic E-state index is -3.76. The van der Waals surface area contributed by atoms with Gasteiger partial charge in [-0.05, 0) is 6.07 Å². The number of carbonyl (C=O) groups excluding carboxylic acids is 1. The van der Waals surface area contributed by atoms with E-state index >= 15 is 0 Å². The van der Waals surface area contributed by atoms with Crippen molar-refractivity contribution in [1.82, 2.24) is 15.5 Å². The second kappa shape index (κ2) is 8.22. The number of rotatable bonds is 9. The Kier molecular flexibility index (Phi) is 6.87. The Labute approximate surface area is 140 Å². The van der Waals surface area contributed by atoms with Crippen LogP contribution < -0.4 is 14.8 Å². The molecule has 1 unspecified atom stereocenters. The fourth-order valence-corrected chi connectivity index (χ4v) is 2.44. The van der Waals surface area contributed by atoms with Crippen LogP contribution in [-0.2, 0) is 14.8 Å². The number of amides is 1. The van der Waals surface area contributed by atoms with Crippen molar-refractivity contribution in [3.05, 3.63) is 12.1 Å². The van der Waals surface area contributed by atoms with E-state index in [1.54, 1.807) is 0 Å². The van der Waals surface area contributed by atoms with Crippen LogP contribution in [-0.4, -0.2) is 66.9 Å².